The van der Waals surface area contributed by atoms with E-state index >= 15 is 0 Å². The number of amides is 1. The van der Waals surface area contributed by atoms with E-state index in [9.17, 15) is 4.79 Å². The fourth-order valence-electron chi connectivity index (χ4n) is 2.31. The van der Waals surface area contributed by atoms with Gasteiger partial charge in [-0.2, -0.15) is 0 Å². The molecule has 96 valence electrons. The van der Waals surface area contributed by atoms with E-state index in [-0.39, 0.29) is 11.9 Å². The first-order valence-electron chi connectivity index (χ1n) is 6.18. The Hall–Kier alpha value is -0.580. The summed E-state index contributed by atoms with van der Waals surface area (Å²) in [5, 5.41) is 4.03. The second-order valence-corrected chi connectivity index (χ2v) is 6.05. The van der Waals surface area contributed by atoms with Crippen molar-refractivity contribution in [2.24, 2.45) is 0 Å². The van der Waals surface area contributed by atoms with Crippen LogP contribution < -0.4 is 10.2 Å². The van der Waals surface area contributed by atoms with Crippen molar-refractivity contribution in [1.82, 2.24) is 5.32 Å². The highest BCUT2D eigenvalue weighted by Gasteiger charge is 2.36. The van der Waals surface area contributed by atoms with Crippen LogP contribution in [0.3, 0.4) is 0 Å². The predicted octanol–water partition coefficient (Wildman–Crippen LogP) is 2.96. The second-order valence-electron chi connectivity index (χ2n) is 4.85. The van der Waals surface area contributed by atoms with Crippen LogP contribution >= 0.6 is 27.5 Å². The Morgan fingerprint density at radius 1 is 1.33 bits per heavy atom. The van der Waals surface area contributed by atoms with Crippen LogP contribution in [0.15, 0.2) is 22.7 Å². The first-order valence-corrected chi connectivity index (χ1v) is 7.35. The van der Waals surface area contributed by atoms with Gasteiger partial charge in [-0.3, -0.25) is 4.79 Å². The fourth-order valence-corrected chi connectivity index (χ4v) is 2.96. The molecule has 0 radical (unpaired) electrons. The molecule has 1 saturated heterocycles. The zero-order valence-corrected chi connectivity index (χ0v) is 12.2. The van der Waals surface area contributed by atoms with Crippen molar-refractivity contribution in [2.45, 2.75) is 31.3 Å². The van der Waals surface area contributed by atoms with Gasteiger partial charge in [-0.1, -0.05) is 17.7 Å². The van der Waals surface area contributed by atoms with Crippen LogP contribution in [0.1, 0.15) is 19.3 Å². The van der Waals surface area contributed by atoms with Crippen molar-refractivity contribution in [1.29, 1.82) is 0 Å². The van der Waals surface area contributed by atoms with Crippen molar-refractivity contribution >= 4 is 39.1 Å². The van der Waals surface area contributed by atoms with E-state index in [2.05, 4.69) is 21.2 Å². The number of carbonyl (C=O) groups is 1. The molecule has 1 aromatic carbocycles. The van der Waals surface area contributed by atoms with E-state index in [1.165, 1.54) is 12.8 Å². The number of nitrogens with one attached hydrogen (secondary N) is 1. The molecule has 1 aliphatic heterocycles. The lowest BCUT2D eigenvalue weighted by Gasteiger charge is -2.19. The third-order valence-electron chi connectivity index (χ3n) is 3.44. The zero-order valence-electron chi connectivity index (χ0n) is 9.83. The topological polar surface area (TPSA) is 32.3 Å². The van der Waals surface area contributed by atoms with Crippen molar-refractivity contribution in [2.75, 3.05) is 11.4 Å². The highest BCUT2D eigenvalue weighted by Crippen LogP contribution is 2.35. The van der Waals surface area contributed by atoms with Gasteiger partial charge in [-0.05, 0) is 47.3 Å². The Kier molecular flexibility index (Phi) is 3.34. The number of halogens is 2. The molecule has 1 heterocycles. The number of hydrogen-bond donors (Lipinski definition) is 1. The summed E-state index contributed by atoms with van der Waals surface area (Å²) in [6, 6.07) is 6.14. The molecule has 3 rings (SSSR count). The molecule has 18 heavy (non-hydrogen) atoms. The van der Waals surface area contributed by atoms with E-state index in [0.29, 0.717) is 11.1 Å². The van der Waals surface area contributed by atoms with Crippen LogP contribution in [0.2, 0.25) is 5.02 Å². The maximum Gasteiger partial charge on any atom is 0.244 e. The summed E-state index contributed by atoms with van der Waals surface area (Å²) in [5.74, 6) is 0.157. The fraction of sp³-hybridized carbons (Fsp3) is 0.462. The third kappa shape index (κ3) is 2.29. The molecule has 1 atom stereocenters. The molecule has 2 fully saturated rings. The molecule has 3 nitrogen and oxygen atoms in total. The SMILES string of the molecule is O=C1C(NC2CC2)CCN1c1cccc(Cl)c1Br. The highest BCUT2D eigenvalue weighted by molar-refractivity contribution is 9.10. The van der Waals surface area contributed by atoms with Gasteiger partial charge in [-0.15, -0.1) is 0 Å². The van der Waals surface area contributed by atoms with Gasteiger partial charge in [0.1, 0.15) is 0 Å². The van der Waals surface area contributed by atoms with Crippen molar-refractivity contribution in [3.63, 3.8) is 0 Å². The number of carbonyl (C=O) groups excluding carboxylic acids is 1. The molecule has 0 spiro atoms. The summed E-state index contributed by atoms with van der Waals surface area (Å²) in [4.78, 5) is 14.1. The molecule has 1 aliphatic carbocycles. The Morgan fingerprint density at radius 3 is 2.83 bits per heavy atom. The van der Waals surface area contributed by atoms with Gasteiger partial charge in [-0.25, -0.2) is 0 Å². The molecular formula is C13H14BrClN2O. The van der Waals surface area contributed by atoms with Gasteiger partial charge in [0.2, 0.25) is 5.91 Å². The maximum atomic E-state index is 12.3. The highest BCUT2D eigenvalue weighted by atomic mass is 79.9. The molecule has 1 aromatic rings. The Morgan fingerprint density at radius 2 is 2.11 bits per heavy atom. The van der Waals surface area contributed by atoms with Gasteiger partial charge >= 0.3 is 0 Å². The molecular weight excluding hydrogens is 316 g/mol. The standard InChI is InChI=1S/C13H14BrClN2O/c14-12-9(15)2-1-3-11(12)17-7-6-10(13(17)18)16-8-4-5-8/h1-3,8,10,16H,4-7H2. The molecule has 2 aliphatic rings. The number of anilines is 1. The molecule has 0 bridgehead atoms. The van der Waals surface area contributed by atoms with Crippen LogP contribution in [0, 0.1) is 0 Å². The summed E-state index contributed by atoms with van der Waals surface area (Å²) in [7, 11) is 0. The van der Waals surface area contributed by atoms with Crippen LogP contribution in [0.5, 0.6) is 0 Å². The number of nitrogens with zero attached hydrogens (tertiary/aromatic N) is 1. The molecule has 0 aromatic heterocycles. The molecule has 1 unspecified atom stereocenters. The minimum Gasteiger partial charge on any atom is -0.310 e. The van der Waals surface area contributed by atoms with Crippen molar-refractivity contribution < 1.29 is 4.79 Å². The molecule has 1 saturated carbocycles. The Bertz CT molecular complexity index is 490. The first-order chi connectivity index (χ1) is 8.66. The molecule has 1 amide bonds. The van der Waals surface area contributed by atoms with Gasteiger partial charge in [0.25, 0.3) is 0 Å². The lowest BCUT2D eigenvalue weighted by atomic mass is 10.2. The monoisotopic (exact) mass is 328 g/mol. The number of rotatable bonds is 3. The van der Waals surface area contributed by atoms with Gasteiger partial charge < -0.3 is 10.2 Å². The zero-order chi connectivity index (χ0) is 12.7. The van der Waals surface area contributed by atoms with Crippen LogP contribution in [0.25, 0.3) is 0 Å². The van der Waals surface area contributed by atoms with E-state index in [0.717, 1.165) is 23.1 Å². The maximum absolute atomic E-state index is 12.3. The van der Waals surface area contributed by atoms with Gasteiger partial charge in [0.05, 0.1) is 21.2 Å². The molecule has 1 N–H and O–H groups in total. The largest absolute Gasteiger partial charge is 0.310 e. The third-order valence-corrected chi connectivity index (χ3v) is 4.82. The van der Waals surface area contributed by atoms with Gasteiger partial charge in [0.15, 0.2) is 0 Å². The van der Waals surface area contributed by atoms with Crippen LogP contribution in [-0.4, -0.2) is 24.5 Å². The summed E-state index contributed by atoms with van der Waals surface area (Å²) >= 11 is 9.52. The molecule has 5 heteroatoms. The van der Waals surface area contributed by atoms with E-state index < -0.39 is 0 Å². The quantitative estimate of drug-likeness (QED) is 0.924. The first kappa shape index (κ1) is 12.5. The smallest absolute Gasteiger partial charge is 0.244 e. The second kappa shape index (κ2) is 4.83. The number of benzene rings is 1. The van der Waals surface area contributed by atoms with Crippen molar-refractivity contribution in [3.05, 3.63) is 27.7 Å². The van der Waals surface area contributed by atoms with E-state index in [1.54, 1.807) is 0 Å². The summed E-state index contributed by atoms with van der Waals surface area (Å²) in [5.41, 5.74) is 0.868. The van der Waals surface area contributed by atoms with E-state index in [4.69, 9.17) is 11.6 Å². The minimum absolute atomic E-state index is 0.0246. The summed E-state index contributed by atoms with van der Waals surface area (Å²) in [6.45, 7) is 0.752. The van der Waals surface area contributed by atoms with Crippen molar-refractivity contribution in [3.8, 4) is 0 Å². The average molecular weight is 330 g/mol. The lowest BCUT2D eigenvalue weighted by molar-refractivity contribution is -0.118. The summed E-state index contributed by atoms with van der Waals surface area (Å²) < 4.78 is 0.798. The minimum atomic E-state index is -0.0246. The Balaban J connectivity index is 1.80. The normalized spacial score (nSPS) is 23.8. The number of hydrogen-bond acceptors (Lipinski definition) is 2. The van der Waals surface area contributed by atoms with Crippen LogP contribution in [0.4, 0.5) is 5.69 Å². The van der Waals surface area contributed by atoms with Crippen LogP contribution in [-0.2, 0) is 4.79 Å². The van der Waals surface area contributed by atoms with E-state index in [1.807, 2.05) is 23.1 Å². The summed E-state index contributed by atoms with van der Waals surface area (Å²) in [6.07, 6.45) is 3.27. The lowest BCUT2D eigenvalue weighted by Crippen LogP contribution is -2.39. The average Bonchev–Trinajstić information content (AvgIpc) is 3.09. The predicted molar refractivity (Wildman–Crippen MR) is 76.1 cm³/mol. The van der Waals surface area contributed by atoms with Gasteiger partial charge in [0, 0.05) is 12.6 Å². The Labute approximate surface area is 120 Å².